The van der Waals surface area contributed by atoms with Gasteiger partial charge in [-0.1, -0.05) is 31.5 Å². The van der Waals surface area contributed by atoms with Gasteiger partial charge in [0.15, 0.2) is 0 Å². The molecule has 3 nitrogen and oxygen atoms in total. The van der Waals surface area contributed by atoms with Gasteiger partial charge in [0.2, 0.25) is 0 Å². The molecular formula is C16H28ClN3. The topological polar surface area (TPSA) is 18.5 Å². The van der Waals surface area contributed by atoms with Gasteiger partial charge in [-0.2, -0.15) is 0 Å². The van der Waals surface area contributed by atoms with Crippen LogP contribution in [0, 0.1) is 0 Å². The molecule has 1 aromatic rings. The highest BCUT2D eigenvalue weighted by Crippen LogP contribution is 2.25. The molecule has 0 bridgehead atoms. The summed E-state index contributed by atoms with van der Waals surface area (Å²) in [7, 11) is 4.23. The second kappa shape index (κ2) is 9.22. The number of hydrogen-bond donors (Lipinski definition) is 1. The minimum Gasteiger partial charge on any atom is -0.370 e. The minimum atomic E-state index is 0.811. The maximum Gasteiger partial charge on any atom is 0.0427 e. The van der Waals surface area contributed by atoms with E-state index in [1.807, 2.05) is 6.07 Å². The Labute approximate surface area is 128 Å². The molecule has 0 aromatic heterocycles. The molecule has 0 amide bonds. The Balaban J connectivity index is 2.93. The SMILES string of the molecule is CCCN(CCN(C)C)c1cc(Cl)ccc1CNCC. The van der Waals surface area contributed by atoms with Gasteiger partial charge in [-0.25, -0.2) is 0 Å². The lowest BCUT2D eigenvalue weighted by molar-refractivity contribution is 0.412. The highest BCUT2D eigenvalue weighted by atomic mass is 35.5. The number of rotatable bonds is 9. The van der Waals surface area contributed by atoms with Crippen LogP contribution in [0.1, 0.15) is 25.8 Å². The maximum atomic E-state index is 6.20. The van der Waals surface area contributed by atoms with E-state index in [0.717, 1.165) is 44.2 Å². The molecule has 4 heteroatoms. The van der Waals surface area contributed by atoms with E-state index in [4.69, 9.17) is 11.6 Å². The maximum absolute atomic E-state index is 6.20. The van der Waals surface area contributed by atoms with Crippen molar-refractivity contribution in [2.75, 3.05) is 45.2 Å². The van der Waals surface area contributed by atoms with E-state index in [-0.39, 0.29) is 0 Å². The zero-order chi connectivity index (χ0) is 15.0. The third-order valence-corrected chi connectivity index (χ3v) is 3.50. The Morgan fingerprint density at radius 3 is 2.45 bits per heavy atom. The van der Waals surface area contributed by atoms with E-state index in [1.54, 1.807) is 0 Å². The van der Waals surface area contributed by atoms with Gasteiger partial charge in [0.05, 0.1) is 0 Å². The summed E-state index contributed by atoms with van der Waals surface area (Å²) in [5.41, 5.74) is 2.59. The van der Waals surface area contributed by atoms with Crippen LogP contribution in [-0.2, 0) is 6.54 Å². The van der Waals surface area contributed by atoms with Crippen LogP contribution in [0.3, 0.4) is 0 Å². The molecule has 114 valence electrons. The minimum absolute atomic E-state index is 0.811. The molecule has 1 N–H and O–H groups in total. The van der Waals surface area contributed by atoms with Crippen LogP contribution in [0.4, 0.5) is 5.69 Å². The summed E-state index contributed by atoms with van der Waals surface area (Å²) in [6, 6.07) is 6.21. The molecule has 0 unspecified atom stereocenters. The number of anilines is 1. The average molecular weight is 298 g/mol. The number of nitrogens with zero attached hydrogens (tertiary/aromatic N) is 2. The van der Waals surface area contributed by atoms with Crippen molar-refractivity contribution in [3.63, 3.8) is 0 Å². The van der Waals surface area contributed by atoms with E-state index >= 15 is 0 Å². The van der Waals surface area contributed by atoms with E-state index in [0.29, 0.717) is 0 Å². The van der Waals surface area contributed by atoms with Gasteiger partial charge >= 0.3 is 0 Å². The summed E-state index contributed by atoms with van der Waals surface area (Å²) in [6.07, 6.45) is 1.14. The first-order valence-corrected chi connectivity index (χ1v) is 7.85. The van der Waals surface area contributed by atoms with Crippen molar-refractivity contribution in [1.82, 2.24) is 10.2 Å². The molecule has 1 rings (SSSR count). The molecule has 0 aliphatic carbocycles. The van der Waals surface area contributed by atoms with Crippen molar-refractivity contribution in [1.29, 1.82) is 0 Å². The summed E-state index contributed by atoms with van der Waals surface area (Å²) in [5.74, 6) is 0. The predicted molar refractivity (Wildman–Crippen MR) is 89.9 cm³/mol. The largest absolute Gasteiger partial charge is 0.370 e. The fraction of sp³-hybridized carbons (Fsp3) is 0.625. The van der Waals surface area contributed by atoms with Gasteiger partial charge in [-0.3, -0.25) is 0 Å². The fourth-order valence-electron chi connectivity index (χ4n) is 2.18. The van der Waals surface area contributed by atoms with Gasteiger partial charge in [-0.05, 0) is 44.8 Å². The van der Waals surface area contributed by atoms with Crippen LogP contribution >= 0.6 is 11.6 Å². The Bertz CT molecular complexity index is 393. The van der Waals surface area contributed by atoms with E-state index in [1.165, 1.54) is 11.3 Å². The zero-order valence-electron chi connectivity index (χ0n) is 13.2. The van der Waals surface area contributed by atoms with Gasteiger partial charge in [0.1, 0.15) is 0 Å². The molecule has 0 aliphatic rings. The monoisotopic (exact) mass is 297 g/mol. The number of benzene rings is 1. The Morgan fingerprint density at radius 1 is 1.10 bits per heavy atom. The Kier molecular flexibility index (Phi) is 7.97. The van der Waals surface area contributed by atoms with Gasteiger partial charge < -0.3 is 15.1 Å². The van der Waals surface area contributed by atoms with Crippen LogP contribution < -0.4 is 10.2 Å². The number of nitrogens with one attached hydrogen (secondary N) is 1. The second-order valence-corrected chi connectivity index (χ2v) is 5.78. The Morgan fingerprint density at radius 2 is 1.85 bits per heavy atom. The molecule has 0 saturated carbocycles. The zero-order valence-corrected chi connectivity index (χ0v) is 14.0. The van der Waals surface area contributed by atoms with Crippen molar-refractivity contribution >= 4 is 17.3 Å². The molecule has 20 heavy (non-hydrogen) atoms. The van der Waals surface area contributed by atoms with Crippen molar-refractivity contribution in [2.24, 2.45) is 0 Å². The summed E-state index contributed by atoms with van der Waals surface area (Å²) < 4.78 is 0. The quantitative estimate of drug-likeness (QED) is 0.755. The highest BCUT2D eigenvalue weighted by molar-refractivity contribution is 6.30. The Hall–Kier alpha value is -0.770. The lowest BCUT2D eigenvalue weighted by atomic mass is 10.1. The third kappa shape index (κ3) is 5.70. The second-order valence-electron chi connectivity index (χ2n) is 5.34. The smallest absolute Gasteiger partial charge is 0.0427 e. The molecule has 0 radical (unpaired) electrons. The van der Waals surface area contributed by atoms with Crippen LogP contribution in [0.25, 0.3) is 0 Å². The average Bonchev–Trinajstić information content (AvgIpc) is 2.42. The van der Waals surface area contributed by atoms with Crippen LogP contribution in [0.5, 0.6) is 0 Å². The first-order chi connectivity index (χ1) is 9.58. The molecule has 0 saturated heterocycles. The van der Waals surface area contributed by atoms with Crippen molar-refractivity contribution in [3.8, 4) is 0 Å². The summed E-state index contributed by atoms with van der Waals surface area (Å²) in [5, 5.41) is 4.22. The van der Waals surface area contributed by atoms with Crippen molar-refractivity contribution < 1.29 is 0 Å². The summed E-state index contributed by atoms with van der Waals surface area (Å²) in [4.78, 5) is 4.66. The van der Waals surface area contributed by atoms with Gasteiger partial charge in [-0.15, -0.1) is 0 Å². The molecule has 0 fully saturated rings. The molecule has 1 aromatic carbocycles. The first-order valence-electron chi connectivity index (χ1n) is 7.47. The number of halogens is 1. The standard InChI is InChI=1S/C16H28ClN3/c1-5-9-20(11-10-19(3)4)16-12-15(17)8-7-14(16)13-18-6-2/h7-8,12,18H,5-6,9-11,13H2,1-4H3. The highest BCUT2D eigenvalue weighted by Gasteiger charge is 2.11. The van der Waals surface area contributed by atoms with Crippen LogP contribution in [0.15, 0.2) is 18.2 Å². The van der Waals surface area contributed by atoms with E-state index < -0.39 is 0 Å². The van der Waals surface area contributed by atoms with Crippen molar-refractivity contribution in [2.45, 2.75) is 26.8 Å². The predicted octanol–water partition coefficient (Wildman–Crippen LogP) is 3.23. The summed E-state index contributed by atoms with van der Waals surface area (Å²) in [6.45, 7) is 9.36. The lowest BCUT2D eigenvalue weighted by Gasteiger charge is -2.28. The van der Waals surface area contributed by atoms with Gasteiger partial charge in [0, 0.05) is 36.9 Å². The number of hydrogen-bond acceptors (Lipinski definition) is 3. The fourth-order valence-corrected chi connectivity index (χ4v) is 2.35. The molecular weight excluding hydrogens is 270 g/mol. The number of likely N-dealkylation sites (N-methyl/N-ethyl adjacent to an activating group) is 1. The van der Waals surface area contributed by atoms with Crippen molar-refractivity contribution in [3.05, 3.63) is 28.8 Å². The normalized spacial score (nSPS) is 11.1. The van der Waals surface area contributed by atoms with E-state index in [9.17, 15) is 0 Å². The third-order valence-electron chi connectivity index (χ3n) is 3.26. The molecule has 0 heterocycles. The molecule has 0 atom stereocenters. The molecule has 0 aliphatic heterocycles. The molecule has 0 spiro atoms. The van der Waals surface area contributed by atoms with Gasteiger partial charge in [0.25, 0.3) is 0 Å². The van der Waals surface area contributed by atoms with Crippen LogP contribution in [0.2, 0.25) is 5.02 Å². The first kappa shape index (κ1) is 17.3. The summed E-state index contributed by atoms with van der Waals surface area (Å²) >= 11 is 6.20. The van der Waals surface area contributed by atoms with Crippen LogP contribution in [-0.4, -0.2) is 45.2 Å². The lowest BCUT2D eigenvalue weighted by Crippen LogP contribution is -2.33. The van der Waals surface area contributed by atoms with E-state index in [2.05, 4.69) is 55.2 Å².